The molecule has 0 saturated carbocycles. The lowest BCUT2D eigenvalue weighted by Crippen LogP contribution is -2.34. The van der Waals surface area contributed by atoms with E-state index in [1.165, 1.54) is 16.7 Å². The van der Waals surface area contributed by atoms with Crippen molar-refractivity contribution in [2.75, 3.05) is 39.5 Å². The van der Waals surface area contributed by atoms with Gasteiger partial charge in [0.05, 0.1) is 19.8 Å². The van der Waals surface area contributed by atoms with Gasteiger partial charge in [-0.25, -0.2) is 14.4 Å². The Hall–Kier alpha value is -5.31. The molecule has 3 amide bonds. The number of unbranched alkanes of at least 4 members (excludes halogenated alkanes) is 3. The van der Waals surface area contributed by atoms with Crippen molar-refractivity contribution in [3.8, 4) is 0 Å². The molecule has 9 nitrogen and oxygen atoms in total. The third-order valence-corrected chi connectivity index (χ3v) is 9.77. The number of hydrogen-bond donors (Lipinski definition) is 0. The third-order valence-electron chi connectivity index (χ3n) is 9.77. The number of carbonyl (C=O) groups is 3. The van der Waals surface area contributed by atoms with E-state index in [0.717, 1.165) is 74.5 Å². The van der Waals surface area contributed by atoms with Gasteiger partial charge in [0.25, 0.3) is 0 Å². The molecule has 0 N–H and O–H groups in total. The lowest BCUT2D eigenvalue weighted by atomic mass is 10.0. The highest BCUT2D eigenvalue weighted by molar-refractivity contribution is 5.69. The molecule has 0 aromatic heterocycles. The van der Waals surface area contributed by atoms with Crippen molar-refractivity contribution in [1.29, 1.82) is 0 Å². The molecule has 0 heterocycles. The van der Waals surface area contributed by atoms with E-state index < -0.39 is 0 Å². The summed E-state index contributed by atoms with van der Waals surface area (Å²) in [6.07, 6.45) is 6.98. The zero-order valence-electron chi connectivity index (χ0n) is 34.4. The summed E-state index contributed by atoms with van der Waals surface area (Å²) in [7, 11) is 0. The molecule has 0 unspecified atom stereocenters. The standard InChI is InChI=1S/C48H63N3O6/c1-4-55-46(52)49(31-19-16-28-40-22-10-7-11-23-40)37-43-34-44(38-50(47(53)56-5-2)32-20-17-29-41-24-12-8-13-25-41)36-45(35-43)39-51(48(54)57-6-3)33-21-18-30-42-26-14-9-15-27-42/h7-15,22-27,34-36H,4-6,16-21,28-33,37-39H2,1-3H3. The molecule has 0 aliphatic rings. The van der Waals surface area contributed by atoms with Gasteiger partial charge in [0, 0.05) is 39.3 Å². The Kier molecular flexibility index (Phi) is 20.1. The van der Waals surface area contributed by atoms with Gasteiger partial charge in [0.2, 0.25) is 0 Å². The smallest absolute Gasteiger partial charge is 0.410 e. The molecule has 0 aliphatic heterocycles. The van der Waals surface area contributed by atoms with E-state index in [1.807, 2.05) is 75.4 Å². The Labute approximate surface area is 340 Å². The highest BCUT2D eigenvalue weighted by Gasteiger charge is 2.21. The molecule has 57 heavy (non-hydrogen) atoms. The first kappa shape index (κ1) is 44.4. The number of aryl methyl sites for hydroxylation is 3. The van der Waals surface area contributed by atoms with Crippen molar-refractivity contribution < 1.29 is 28.6 Å². The molecule has 0 aliphatic carbocycles. The van der Waals surface area contributed by atoms with E-state index in [-0.39, 0.29) is 38.1 Å². The second-order valence-electron chi connectivity index (χ2n) is 14.3. The summed E-state index contributed by atoms with van der Waals surface area (Å²) in [6, 6.07) is 37.3. The van der Waals surface area contributed by atoms with Crippen LogP contribution in [0.1, 0.15) is 92.7 Å². The van der Waals surface area contributed by atoms with Crippen LogP contribution in [-0.2, 0) is 53.1 Å². The molecule has 0 spiro atoms. The van der Waals surface area contributed by atoms with Crippen molar-refractivity contribution in [3.05, 3.63) is 143 Å². The molecule has 0 fully saturated rings. The van der Waals surface area contributed by atoms with Crippen LogP contribution in [0.15, 0.2) is 109 Å². The highest BCUT2D eigenvalue weighted by Crippen LogP contribution is 2.20. The van der Waals surface area contributed by atoms with Crippen molar-refractivity contribution >= 4 is 18.3 Å². The van der Waals surface area contributed by atoms with Crippen LogP contribution in [0.5, 0.6) is 0 Å². The molecule has 0 atom stereocenters. The Bertz CT molecular complexity index is 1520. The molecule has 4 aromatic carbocycles. The van der Waals surface area contributed by atoms with Gasteiger partial charge >= 0.3 is 18.3 Å². The van der Waals surface area contributed by atoms with Crippen LogP contribution in [0.4, 0.5) is 14.4 Å². The van der Waals surface area contributed by atoms with Crippen molar-refractivity contribution in [3.63, 3.8) is 0 Å². The molecule has 0 bridgehead atoms. The Balaban J connectivity index is 1.56. The summed E-state index contributed by atoms with van der Waals surface area (Å²) >= 11 is 0. The van der Waals surface area contributed by atoms with Gasteiger partial charge in [0.15, 0.2) is 0 Å². The lowest BCUT2D eigenvalue weighted by Gasteiger charge is -2.26. The molecule has 9 heteroatoms. The maximum atomic E-state index is 13.3. The third kappa shape index (κ3) is 16.8. The fourth-order valence-corrected chi connectivity index (χ4v) is 6.95. The second-order valence-corrected chi connectivity index (χ2v) is 14.3. The van der Waals surface area contributed by atoms with Crippen LogP contribution in [0.3, 0.4) is 0 Å². The topological polar surface area (TPSA) is 88.6 Å². The predicted molar refractivity (Wildman–Crippen MR) is 227 cm³/mol. The van der Waals surface area contributed by atoms with E-state index in [0.29, 0.717) is 39.3 Å². The monoisotopic (exact) mass is 777 g/mol. The van der Waals surface area contributed by atoms with E-state index >= 15 is 0 Å². The van der Waals surface area contributed by atoms with Crippen LogP contribution in [0.2, 0.25) is 0 Å². The van der Waals surface area contributed by atoms with Gasteiger partial charge in [-0.1, -0.05) is 109 Å². The van der Waals surface area contributed by atoms with Gasteiger partial charge in [-0.2, -0.15) is 0 Å². The van der Waals surface area contributed by atoms with Crippen LogP contribution in [0, 0.1) is 0 Å². The van der Waals surface area contributed by atoms with Crippen LogP contribution in [0.25, 0.3) is 0 Å². The summed E-state index contributed by atoms with van der Waals surface area (Å²) in [5.74, 6) is 0. The average Bonchev–Trinajstić information content (AvgIpc) is 3.22. The first-order valence-electron chi connectivity index (χ1n) is 20.9. The predicted octanol–water partition coefficient (Wildman–Crippen LogP) is 10.6. The van der Waals surface area contributed by atoms with E-state index in [1.54, 1.807) is 14.7 Å². The maximum Gasteiger partial charge on any atom is 0.410 e. The number of amides is 3. The Morgan fingerprint density at radius 2 is 0.649 bits per heavy atom. The van der Waals surface area contributed by atoms with Crippen LogP contribution < -0.4 is 0 Å². The molecule has 0 radical (unpaired) electrons. The minimum absolute atomic E-state index is 0.280. The zero-order chi connectivity index (χ0) is 40.5. The quantitative estimate of drug-likeness (QED) is 0.0520. The maximum absolute atomic E-state index is 13.3. The van der Waals surface area contributed by atoms with Crippen LogP contribution in [-0.4, -0.2) is 72.4 Å². The van der Waals surface area contributed by atoms with Gasteiger partial charge in [-0.3, -0.25) is 0 Å². The minimum atomic E-state index is -0.359. The van der Waals surface area contributed by atoms with Gasteiger partial charge in [-0.05, 0) is 112 Å². The lowest BCUT2D eigenvalue weighted by molar-refractivity contribution is 0.104. The summed E-state index contributed by atoms with van der Waals surface area (Å²) in [5, 5.41) is 0. The molecule has 4 aromatic rings. The SMILES string of the molecule is CCOC(=O)N(CCCCc1ccccc1)Cc1cc(CN(CCCCc2ccccc2)C(=O)OCC)cc(CN(CCCCc2ccccc2)C(=O)OCC)c1. The van der Waals surface area contributed by atoms with Crippen molar-refractivity contribution in [2.24, 2.45) is 0 Å². The molecule has 0 saturated heterocycles. The molecular weight excluding hydrogens is 715 g/mol. The summed E-state index contributed by atoms with van der Waals surface area (Å²) in [6.45, 7) is 8.90. The highest BCUT2D eigenvalue weighted by atomic mass is 16.6. The Morgan fingerprint density at radius 1 is 0.386 bits per heavy atom. The second kappa shape index (κ2) is 25.8. The average molecular weight is 778 g/mol. The van der Waals surface area contributed by atoms with E-state index in [2.05, 4.69) is 54.6 Å². The fraction of sp³-hybridized carbons (Fsp3) is 0.438. The summed E-state index contributed by atoms with van der Waals surface area (Å²) < 4.78 is 16.6. The first-order chi connectivity index (χ1) is 27.9. The van der Waals surface area contributed by atoms with Crippen LogP contribution >= 0.6 is 0 Å². The molecule has 306 valence electrons. The van der Waals surface area contributed by atoms with Crippen molar-refractivity contribution in [1.82, 2.24) is 14.7 Å². The number of nitrogens with zero attached hydrogens (tertiary/aromatic N) is 3. The number of rotatable bonds is 24. The van der Waals surface area contributed by atoms with E-state index in [9.17, 15) is 14.4 Å². The largest absolute Gasteiger partial charge is 0.450 e. The number of ether oxygens (including phenoxy) is 3. The molecular formula is C48H63N3O6. The zero-order valence-corrected chi connectivity index (χ0v) is 34.4. The Morgan fingerprint density at radius 3 is 0.895 bits per heavy atom. The summed E-state index contributed by atoms with van der Waals surface area (Å²) in [4.78, 5) is 45.3. The minimum Gasteiger partial charge on any atom is -0.450 e. The first-order valence-corrected chi connectivity index (χ1v) is 20.9. The van der Waals surface area contributed by atoms with Gasteiger partial charge in [-0.15, -0.1) is 0 Å². The van der Waals surface area contributed by atoms with Gasteiger partial charge in [0.1, 0.15) is 0 Å². The normalized spacial score (nSPS) is 10.8. The molecule has 4 rings (SSSR count). The summed E-state index contributed by atoms with van der Waals surface area (Å²) in [5.41, 5.74) is 6.53. The fourth-order valence-electron chi connectivity index (χ4n) is 6.95. The number of benzene rings is 4. The number of carbonyl (C=O) groups excluding carboxylic acids is 3. The van der Waals surface area contributed by atoms with Crippen molar-refractivity contribution in [2.45, 2.75) is 98.2 Å². The van der Waals surface area contributed by atoms with Gasteiger partial charge < -0.3 is 28.9 Å². The number of hydrogen-bond acceptors (Lipinski definition) is 6. The van der Waals surface area contributed by atoms with E-state index in [4.69, 9.17) is 14.2 Å².